The summed E-state index contributed by atoms with van der Waals surface area (Å²) in [6.07, 6.45) is 1.66. The summed E-state index contributed by atoms with van der Waals surface area (Å²) < 4.78 is 5.98. The average Bonchev–Trinajstić information content (AvgIpc) is 2.76. The molecular formula is C23H17N5O. The number of nitriles is 1. The first-order valence-corrected chi connectivity index (χ1v) is 8.99. The topological polar surface area (TPSA) is 82.9 Å². The number of nitrogens with one attached hydrogen (secondary N) is 2. The third-order valence-electron chi connectivity index (χ3n) is 4.02. The summed E-state index contributed by atoms with van der Waals surface area (Å²) in [5.74, 6) is 2.48. The Morgan fingerprint density at radius 1 is 0.828 bits per heavy atom. The Labute approximate surface area is 168 Å². The molecule has 1 aromatic heterocycles. The first-order valence-electron chi connectivity index (χ1n) is 8.99. The van der Waals surface area contributed by atoms with Crippen LogP contribution in [0.5, 0.6) is 11.5 Å². The molecule has 0 fully saturated rings. The highest BCUT2D eigenvalue weighted by atomic mass is 16.5. The van der Waals surface area contributed by atoms with Gasteiger partial charge < -0.3 is 15.4 Å². The van der Waals surface area contributed by atoms with Crippen molar-refractivity contribution < 1.29 is 4.74 Å². The molecule has 6 heteroatoms. The quantitative estimate of drug-likeness (QED) is 0.452. The van der Waals surface area contributed by atoms with Gasteiger partial charge in [0.25, 0.3) is 0 Å². The second-order valence-electron chi connectivity index (χ2n) is 6.12. The molecule has 0 amide bonds. The fourth-order valence-corrected chi connectivity index (χ4v) is 2.70. The summed E-state index contributed by atoms with van der Waals surface area (Å²) in [7, 11) is 0. The van der Waals surface area contributed by atoms with Crippen LogP contribution in [0.2, 0.25) is 0 Å². The maximum atomic E-state index is 9.04. The van der Waals surface area contributed by atoms with Gasteiger partial charge in [-0.1, -0.05) is 36.4 Å². The van der Waals surface area contributed by atoms with Crippen molar-refractivity contribution in [1.82, 2.24) is 9.97 Å². The molecule has 4 rings (SSSR count). The van der Waals surface area contributed by atoms with Crippen LogP contribution in [0.25, 0.3) is 0 Å². The van der Waals surface area contributed by atoms with E-state index in [9.17, 15) is 0 Å². The number of nitrogens with zero attached hydrogens (tertiary/aromatic N) is 3. The van der Waals surface area contributed by atoms with Crippen LogP contribution in [-0.2, 0) is 0 Å². The second kappa shape index (κ2) is 8.55. The standard InChI is InChI=1S/C23H17N5O/c24-16-17-7-6-8-18(15-17)26-23-25-14-13-22(28-23)27-20-11-4-5-12-21(20)29-19-9-2-1-3-10-19/h1-15H,(H2,25,26,27,28). The number of benzene rings is 3. The van der Waals surface area contributed by atoms with Crippen LogP contribution in [0.3, 0.4) is 0 Å². The Balaban J connectivity index is 1.53. The Morgan fingerprint density at radius 3 is 2.52 bits per heavy atom. The number of anilines is 4. The third kappa shape index (κ3) is 4.67. The monoisotopic (exact) mass is 379 g/mol. The smallest absolute Gasteiger partial charge is 0.229 e. The summed E-state index contributed by atoms with van der Waals surface area (Å²) in [6, 6.07) is 28.3. The molecule has 29 heavy (non-hydrogen) atoms. The molecule has 0 aliphatic heterocycles. The van der Waals surface area contributed by atoms with Crippen molar-refractivity contribution in [2.75, 3.05) is 10.6 Å². The molecule has 0 radical (unpaired) electrons. The summed E-state index contributed by atoms with van der Waals surface area (Å²) in [5.41, 5.74) is 2.10. The van der Waals surface area contributed by atoms with Crippen LogP contribution in [0.4, 0.5) is 23.1 Å². The molecule has 0 bridgehead atoms. The zero-order valence-electron chi connectivity index (χ0n) is 15.4. The number of hydrogen-bond acceptors (Lipinski definition) is 6. The second-order valence-corrected chi connectivity index (χ2v) is 6.12. The average molecular weight is 379 g/mol. The minimum atomic E-state index is 0.423. The van der Waals surface area contributed by atoms with Crippen molar-refractivity contribution in [2.45, 2.75) is 0 Å². The molecule has 0 saturated carbocycles. The van der Waals surface area contributed by atoms with Gasteiger partial charge in [-0.05, 0) is 48.5 Å². The molecule has 140 valence electrons. The molecule has 3 aromatic carbocycles. The predicted octanol–water partition coefficient (Wildman–Crippen LogP) is 5.63. The maximum absolute atomic E-state index is 9.04. The largest absolute Gasteiger partial charge is 0.455 e. The molecular weight excluding hydrogens is 362 g/mol. The summed E-state index contributed by atoms with van der Waals surface area (Å²) in [4.78, 5) is 8.74. The number of aromatic nitrogens is 2. The maximum Gasteiger partial charge on any atom is 0.229 e. The summed E-state index contributed by atoms with van der Waals surface area (Å²) in [6.45, 7) is 0. The van der Waals surface area contributed by atoms with Crippen LogP contribution in [0.15, 0.2) is 91.1 Å². The molecule has 0 aliphatic carbocycles. The molecule has 0 unspecified atom stereocenters. The normalized spacial score (nSPS) is 10.0. The summed E-state index contributed by atoms with van der Waals surface area (Å²) in [5, 5.41) is 15.4. The van der Waals surface area contributed by atoms with Gasteiger partial charge in [-0.2, -0.15) is 10.2 Å². The first kappa shape index (κ1) is 18.0. The highest BCUT2D eigenvalue weighted by Crippen LogP contribution is 2.31. The molecule has 2 N–H and O–H groups in total. The van der Waals surface area contributed by atoms with Crippen molar-refractivity contribution in [3.63, 3.8) is 0 Å². The van der Waals surface area contributed by atoms with E-state index >= 15 is 0 Å². The van der Waals surface area contributed by atoms with Crippen molar-refractivity contribution in [1.29, 1.82) is 5.26 Å². The van der Waals surface area contributed by atoms with E-state index in [0.29, 0.717) is 23.1 Å². The van der Waals surface area contributed by atoms with Crippen LogP contribution in [0.1, 0.15) is 5.56 Å². The molecule has 1 heterocycles. The van der Waals surface area contributed by atoms with Gasteiger partial charge in [-0.3, -0.25) is 0 Å². The van der Waals surface area contributed by atoms with E-state index < -0.39 is 0 Å². The van der Waals surface area contributed by atoms with E-state index in [1.165, 1.54) is 0 Å². The number of hydrogen-bond donors (Lipinski definition) is 2. The predicted molar refractivity (Wildman–Crippen MR) is 113 cm³/mol. The fraction of sp³-hybridized carbons (Fsp3) is 0. The molecule has 0 aliphatic rings. The van der Waals surface area contributed by atoms with Crippen molar-refractivity contribution in [3.05, 3.63) is 96.7 Å². The lowest BCUT2D eigenvalue weighted by molar-refractivity contribution is 0.485. The van der Waals surface area contributed by atoms with Crippen molar-refractivity contribution in [3.8, 4) is 17.6 Å². The lowest BCUT2D eigenvalue weighted by atomic mass is 10.2. The van der Waals surface area contributed by atoms with Gasteiger partial charge in [0.2, 0.25) is 5.95 Å². The van der Waals surface area contributed by atoms with Crippen LogP contribution >= 0.6 is 0 Å². The van der Waals surface area contributed by atoms with E-state index in [1.807, 2.05) is 60.7 Å². The van der Waals surface area contributed by atoms with E-state index in [4.69, 9.17) is 10.00 Å². The Hall–Kier alpha value is -4.37. The molecule has 0 saturated heterocycles. The molecule has 0 atom stereocenters. The van der Waals surface area contributed by atoms with Gasteiger partial charge in [0, 0.05) is 11.9 Å². The fourth-order valence-electron chi connectivity index (χ4n) is 2.70. The first-order chi connectivity index (χ1) is 14.3. The van der Waals surface area contributed by atoms with Crippen molar-refractivity contribution in [2.24, 2.45) is 0 Å². The SMILES string of the molecule is N#Cc1cccc(Nc2nccc(Nc3ccccc3Oc3ccccc3)n2)c1. The highest BCUT2D eigenvalue weighted by molar-refractivity contribution is 5.66. The molecule has 4 aromatic rings. The number of para-hydroxylation sites is 3. The van der Waals surface area contributed by atoms with Gasteiger partial charge in [0.15, 0.2) is 5.75 Å². The molecule has 6 nitrogen and oxygen atoms in total. The number of ether oxygens (including phenoxy) is 1. The Bertz CT molecular complexity index is 1160. The van der Waals surface area contributed by atoms with E-state index in [2.05, 4.69) is 26.7 Å². The van der Waals surface area contributed by atoms with Crippen LogP contribution in [0, 0.1) is 11.3 Å². The number of rotatable bonds is 6. The zero-order chi connectivity index (χ0) is 19.9. The minimum Gasteiger partial charge on any atom is -0.455 e. The van der Waals surface area contributed by atoms with Gasteiger partial charge in [-0.25, -0.2) is 4.98 Å². The minimum absolute atomic E-state index is 0.423. The zero-order valence-corrected chi connectivity index (χ0v) is 15.4. The van der Waals surface area contributed by atoms with Gasteiger partial charge >= 0.3 is 0 Å². The van der Waals surface area contributed by atoms with Crippen LogP contribution < -0.4 is 15.4 Å². The Morgan fingerprint density at radius 2 is 1.66 bits per heavy atom. The van der Waals surface area contributed by atoms with E-state index in [1.54, 1.807) is 30.5 Å². The van der Waals surface area contributed by atoms with Crippen LogP contribution in [-0.4, -0.2) is 9.97 Å². The lowest BCUT2D eigenvalue weighted by Crippen LogP contribution is -2.01. The van der Waals surface area contributed by atoms with Gasteiger partial charge in [0.1, 0.15) is 11.6 Å². The Kier molecular flexibility index (Phi) is 5.31. The van der Waals surface area contributed by atoms with Gasteiger partial charge in [-0.15, -0.1) is 0 Å². The highest BCUT2D eigenvalue weighted by Gasteiger charge is 2.07. The van der Waals surface area contributed by atoms with Gasteiger partial charge in [0.05, 0.1) is 17.3 Å². The third-order valence-corrected chi connectivity index (χ3v) is 4.02. The van der Waals surface area contributed by atoms with E-state index in [-0.39, 0.29) is 0 Å². The summed E-state index contributed by atoms with van der Waals surface area (Å²) >= 11 is 0. The lowest BCUT2D eigenvalue weighted by Gasteiger charge is -2.13. The molecule has 0 spiro atoms. The van der Waals surface area contributed by atoms with E-state index in [0.717, 1.165) is 17.1 Å². The van der Waals surface area contributed by atoms with Crippen molar-refractivity contribution >= 4 is 23.1 Å².